The number of hydrogen-bond acceptors (Lipinski definition) is 5. The fourth-order valence-electron chi connectivity index (χ4n) is 2.12. The predicted octanol–water partition coefficient (Wildman–Crippen LogP) is -0.322. The van der Waals surface area contributed by atoms with Gasteiger partial charge in [0.1, 0.15) is 5.70 Å². The van der Waals surface area contributed by atoms with Crippen LogP contribution in [0.2, 0.25) is 0 Å². The van der Waals surface area contributed by atoms with E-state index < -0.39 is 0 Å². The van der Waals surface area contributed by atoms with E-state index in [2.05, 4.69) is 10.3 Å². The third-order valence-electron chi connectivity index (χ3n) is 2.99. The van der Waals surface area contributed by atoms with E-state index in [1.165, 1.54) is 0 Å². The van der Waals surface area contributed by atoms with Crippen LogP contribution in [-0.4, -0.2) is 60.1 Å². The van der Waals surface area contributed by atoms with E-state index in [0.717, 1.165) is 50.1 Å². The zero-order valence-corrected chi connectivity index (χ0v) is 9.79. The molecule has 3 aliphatic rings. The van der Waals surface area contributed by atoms with Crippen LogP contribution >= 0.6 is 11.8 Å². The second kappa shape index (κ2) is 4.10. The van der Waals surface area contributed by atoms with Gasteiger partial charge in [0.15, 0.2) is 5.17 Å². The van der Waals surface area contributed by atoms with Crippen LogP contribution in [0.1, 0.15) is 0 Å². The zero-order chi connectivity index (χ0) is 11.0. The van der Waals surface area contributed by atoms with Crippen molar-refractivity contribution in [2.24, 2.45) is 4.99 Å². The van der Waals surface area contributed by atoms with Gasteiger partial charge in [0.2, 0.25) is 0 Å². The highest BCUT2D eigenvalue weighted by Gasteiger charge is 2.33. The molecule has 5 nitrogen and oxygen atoms in total. The number of amidine groups is 1. The first-order valence-electron chi connectivity index (χ1n) is 5.55. The van der Waals surface area contributed by atoms with E-state index in [4.69, 9.17) is 0 Å². The summed E-state index contributed by atoms with van der Waals surface area (Å²) in [6.07, 6.45) is 0. The van der Waals surface area contributed by atoms with E-state index in [1.807, 2.05) is 15.2 Å². The van der Waals surface area contributed by atoms with Gasteiger partial charge in [0.05, 0.1) is 6.54 Å². The number of nitrogens with zero attached hydrogens (tertiary/aromatic N) is 3. The number of nitrogens with one attached hydrogen (secondary N) is 1. The average Bonchev–Trinajstić information content (AvgIpc) is 2.91. The summed E-state index contributed by atoms with van der Waals surface area (Å²) in [5, 5.41) is 6.17. The Balaban J connectivity index is 1.73. The molecule has 3 heterocycles. The molecule has 0 saturated carbocycles. The number of fused-ring (bicyclic) bond motifs is 1. The van der Waals surface area contributed by atoms with Crippen molar-refractivity contribution in [1.29, 1.82) is 0 Å². The molecule has 3 aliphatic heterocycles. The molecular weight excluding hydrogens is 224 g/mol. The molecule has 0 atom stereocenters. The maximum Gasteiger partial charge on any atom is 0.271 e. The van der Waals surface area contributed by atoms with Crippen molar-refractivity contribution in [3.05, 3.63) is 11.1 Å². The summed E-state index contributed by atoms with van der Waals surface area (Å²) in [4.78, 5) is 20.6. The Morgan fingerprint density at radius 2 is 2.19 bits per heavy atom. The number of hydrogen-bond donors (Lipinski definition) is 1. The molecule has 16 heavy (non-hydrogen) atoms. The zero-order valence-electron chi connectivity index (χ0n) is 8.98. The first kappa shape index (κ1) is 10.2. The van der Waals surface area contributed by atoms with Gasteiger partial charge >= 0.3 is 0 Å². The first-order valence-corrected chi connectivity index (χ1v) is 6.43. The van der Waals surface area contributed by atoms with Crippen molar-refractivity contribution in [3.8, 4) is 0 Å². The minimum Gasteiger partial charge on any atom is -0.335 e. The van der Waals surface area contributed by atoms with Crippen molar-refractivity contribution in [3.63, 3.8) is 0 Å². The van der Waals surface area contributed by atoms with Crippen molar-refractivity contribution in [1.82, 2.24) is 15.1 Å². The highest BCUT2D eigenvalue weighted by Crippen LogP contribution is 2.30. The number of piperazine rings is 1. The molecule has 6 heteroatoms. The summed E-state index contributed by atoms with van der Waals surface area (Å²) >= 11 is 1.56. The molecule has 1 N–H and O–H groups in total. The van der Waals surface area contributed by atoms with Crippen LogP contribution in [0.4, 0.5) is 0 Å². The maximum atomic E-state index is 12.3. The van der Waals surface area contributed by atoms with Crippen LogP contribution < -0.4 is 5.32 Å². The van der Waals surface area contributed by atoms with Crippen LogP contribution in [0.15, 0.2) is 16.1 Å². The topological polar surface area (TPSA) is 47.9 Å². The number of thioether (sulfide) groups is 1. The van der Waals surface area contributed by atoms with Gasteiger partial charge in [-0.05, 0) is 0 Å². The van der Waals surface area contributed by atoms with Crippen LogP contribution in [0.5, 0.6) is 0 Å². The Labute approximate surface area is 98.6 Å². The Bertz CT molecular complexity index is 373. The fourth-order valence-corrected chi connectivity index (χ4v) is 3.05. The van der Waals surface area contributed by atoms with Crippen LogP contribution in [0, 0.1) is 0 Å². The molecule has 0 aliphatic carbocycles. The second-order valence-corrected chi connectivity index (χ2v) is 4.82. The van der Waals surface area contributed by atoms with Gasteiger partial charge in [-0.1, -0.05) is 11.8 Å². The summed E-state index contributed by atoms with van der Waals surface area (Å²) in [5.74, 6) is 0.154. The lowest BCUT2D eigenvalue weighted by atomic mass is 10.3. The van der Waals surface area contributed by atoms with Gasteiger partial charge in [-0.2, -0.15) is 0 Å². The molecule has 0 radical (unpaired) electrons. The third kappa shape index (κ3) is 1.62. The standard InChI is InChI=1S/C10H14N4OS/c15-9(13-4-1-11-2-5-13)8-7-16-10-12-3-6-14(8)10/h7,11H,1-6H2. The smallest absolute Gasteiger partial charge is 0.271 e. The quantitative estimate of drug-likeness (QED) is 0.680. The van der Waals surface area contributed by atoms with Crippen LogP contribution in [0.25, 0.3) is 0 Å². The molecule has 1 saturated heterocycles. The summed E-state index contributed by atoms with van der Waals surface area (Å²) in [5.41, 5.74) is 0.808. The highest BCUT2D eigenvalue weighted by molar-refractivity contribution is 8.16. The normalized spacial score (nSPS) is 24.2. The molecule has 1 amide bonds. The molecule has 3 rings (SSSR count). The average molecular weight is 238 g/mol. The first-order chi connectivity index (χ1) is 7.86. The Morgan fingerprint density at radius 3 is 3.00 bits per heavy atom. The van der Waals surface area contributed by atoms with Crippen molar-refractivity contribution >= 4 is 22.8 Å². The van der Waals surface area contributed by atoms with Crippen molar-refractivity contribution < 1.29 is 4.79 Å². The van der Waals surface area contributed by atoms with Crippen LogP contribution in [0.3, 0.4) is 0 Å². The SMILES string of the molecule is O=C(C1=CSC2=NCCN12)N1CCNCC1. The largest absolute Gasteiger partial charge is 0.335 e. The van der Waals surface area contributed by atoms with E-state index in [9.17, 15) is 4.79 Å². The number of rotatable bonds is 1. The van der Waals surface area contributed by atoms with Gasteiger partial charge in [0.25, 0.3) is 5.91 Å². The molecule has 1 fully saturated rings. The van der Waals surface area contributed by atoms with E-state index in [0.29, 0.717) is 0 Å². The molecule has 0 spiro atoms. The lowest BCUT2D eigenvalue weighted by molar-refractivity contribution is -0.128. The summed E-state index contributed by atoms with van der Waals surface area (Å²) in [6, 6.07) is 0. The Kier molecular flexibility index (Phi) is 2.61. The lowest BCUT2D eigenvalue weighted by Gasteiger charge is -2.29. The molecule has 0 aromatic heterocycles. The number of amides is 1. The highest BCUT2D eigenvalue weighted by atomic mass is 32.2. The molecule has 0 aromatic rings. The summed E-state index contributed by atoms with van der Waals surface area (Å²) in [6.45, 7) is 5.07. The Hall–Kier alpha value is -1.01. The number of carbonyl (C=O) groups is 1. The van der Waals surface area contributed by atoms with Gasteiger partial charge in [-0.25, -0.2) is 0 Å². The van der Waals surface area contributed by atoms with E-state index >= 15 is 0 Å². The molecule has 86 valence electrons. The van der Waals surface area contributed by atoms with Crippen LogP contribution in [-0.2, 0) is 4.79 Å². The van der Waals surface area contributed by atoms with Gasteiger partial charge in [-0.3, -0.25) is 9.79 Å². The fraction of sp³-hybridized carbons (Fsp3) is 0.600. The number of aliphatic imine (C=N–C) groups is 1. The second-order valence-electron chi connectivity index (χ2n) is 3.98. The molecule has 0 unspecified atom stereocenters. The van der Waals surface area contributed by atoms with Crippen molar-refractivity contribution in [2.45, 2.75) is 0 Å². The van der Waals surface area contributed by atoms with E-state index in [1.54, 1.807) is 11.8 Å². The minimum absolute atomic E-state index is 0.154. The Morgan fingerprint density at radius 1 is 1.38 bits per heavy atom. The third-order valence-corrected chi connectivity index (χ3v) is 3.89. The molecular formula is C10H14N4OS. The molecule has 0 bridgehead atoms. The van der Waals surface area contributed by atoms with Crippen molar-refractivity contribution in [2.75, 3.05) is 39.3 Å². The van der Waals surface area contributed by atoms with Gasteiger partial charge in [-0.15, -0.1) is 0 Å². The minimum atomic E-state index is 0.154. The monoisotopic (exact) mass is 238 g/mol. The molecule has 0 aromatic carbocycles. The number of carbonyl (C=O) groups excluding carboxylic acids is 1. The predicted molar refractivity (Wildman–Crippen MR) is 64.1 cm³/mol. The summed E-state index contributed by atoms with van der Waals surface area (Å²) < 4.78 is 0. The van der Waals surface area contributed by atoms with Gasteiger partial charge in [0, 0.05) is 38.1 Å². The summed E-state index contributed by atoms with van der Waals surface area (Å²) in [7, 11) is 0. The van der Waals surface area contributed by atoms with E-state index in [-0.39, 0.29) is 5.91 Å². The maximum absolute atomic E-state index is 12.3. The van der Waals surface area contributed by atoms with Gasteiger partial charge < -0.3 is 15.1 Å². The lowest BCUT2D eigenvalue weighted by Crippen LogP contribution is -2.48.